The Labute approximate surface area is 463 Å². The average Bonchev–Trinajstić information content (AvgIpc) is 3.41. The van der Waals surface area contributed by atoms with Crippen molar-refractivity contribution in [1.82, 2.24) is 0 Å². The van der Waals surface area contributed by atoms with Crippen LogP contribution in [0.2, 0.25) is 0 Å². The van der Waals surface area contributed by atoms with Crippen LogP contribution in [-0.4, -0.2) is 37.2 Å². The van der Waals surface area contributed by atoms with Gasteiger partial charge in [0.25, 0.3) is 0 Å². The first-order valence-corrected chi connectivity index (χ1v) is 31.4. The Bertz CT molecular complexity index is 1520. The van der Waals surface area contributed by atoms with Crippen LogP contribution < -0.4 is 0 Å². The molecule has 1 unspecified atom stereocenters. The maximum Gasteiger partial charge on any atom is 0.306 e. The van der Waals surface area contributed by atoms with Crippen LogP contribution in [0.5, 0.6) is 0 Å². The van der Waals surface area contributed by atoms with E-state index in [0.717, 1.165) is 128 Å². The van der Waals surface area contributed by atoms with E-state index in [4.69, 9.17) is 14.2 Å². The van der Waals surface area contributed by atoms with Gasteiger partial charge in [0.2, 0.25) is 0 Å². The predicted molar refractivity (Wildman–Crippen MR) is 325 cm³/mol. The summed E-state index contributed by atoms with van der Waals surface area (Å²) in [5.41, 5.74) is 0. The van der Waals surface area contributed by atoms with Gasteiger partial charge >= 0.3 is 17.9 Å². The van der Waals surface area contributed by atoms with Gasteiger partial charge in [-0.3, -0.25) is 14.4 Å². The van der Waals surface area contributed by atoms with Gasteiger partial charge in [0, 0.05) is 19.3 Å². The third-order valence-corrected chi connectivity index (χ3v) is 13.3. The molecule has 0 aromatic rings. The minimum atomic E-state index is -0.783. The zero-order chi connectivity index (χ0) is 54.3. The second-order valence-electron chi connectivity index (χ2n) is 20.6. The molecule has 75 heavy (non-hydrogen) atoms. The summed E-state index contributed by atoms with van der Waals surface area (Å²) in [5.74, 6) is -0.911. The molecule has 1 atom stereocenters. The Balaban J connectivity index is 4.11. The molecule has 0 rings (SSSR count). The van der Waals surface area contributed by atoms with E-state index in [-0.39, 0.29) is 31.1 Å². The Morgan fingerprint density at radius 3 is 0.827 bits per heavy atom. The highest BCUT2D eigenvalue weighted by Crippen LogP contribution is 2.15. The molecule has 6 heteroatoms. The van der Waals surface area contributed by atoms with Crippen molar-refractivity contribution in [3.05, 3.63) is 109 Å². The topological polar surface area (TPSA) is 78.9 Å². The second-order valence-corrected chi connectivity index (χ2v) is 20.6. The molecule has 0 saturated carbocycles. The Hall–Kier alpha value is -3.93. The van der Waals surface area contributed by atoms with Gasteiger partial charge in [0.15, 0.2) is 6.10 Å². The minimum absolute atomic E-state index is 0.0840. The maximum atomic E-state index is 12.8. The third-order valence-electron chi connectivity index (χ3n) is 13.3. The lowest BCUT2D eigenvalue weighted by atomic mass is 10.1. The molecule has 0 aromatic heterocycles. The van der Waals surface area contributed by atoms with Crippen LogP contribution in [0.4, 0.5) is 0 Å². The number of ether oxygens (including phenoxy) is 3. The van der Waals surface area contributed by atoms with Crippen molar-refractivity contribution in [2.75, 3.05) is 13.2 Å². The smallest absolute Gasteiger partial charge is 0.306 e. The fourth-order valence-corrected chi connectivity index (χ4v) is 8.57. The highest BCUT2D eigenvalue weighted by atomic mass is 16.6. The largest absolute Gasteiger partial charge is 0.462 e. The van der Waals surface area contributed by atoms with E-state index >= 15 is 0 Å². The van der Waals surface area contributed by atoms with Crippen LogP contribution in [0, 0.1) is 0 Å². The molecule has 428 valence electrons. The third kappa shape index (κ3) is 60.8. The number of carbonyl (C=O) groups excluding carboxylic acids is 3. The molecule has 0 amide bonds. The summed E-state index contributed by atoms with van der Waals surface area (Å²) in [6.45, 7) is 6.44. The van der Waals surface area contributed by atoms with Crippen molar-refractivity contribution in [3.63, 3.8) is 0 Å². The van der Waals surface area contributed by atoms with Crippen LogP contribution in [0.25, 0.3) is 0 Å². The molecular weight excluding hydrogens is 925 g/mol. The van der Waals surface area contributed by atoms with Crippen molar-refractivity contribution >= 4 is 17.9 Å². The molecule has 0 bridgehead atoms. The van der Waals surface area contributed by atoms with Crippen LogP contribution in [-0.2, 0) is 28.6 Å². The number of carbonyl (C=O) groups is 3. The summed E-state index contributed by atoms with van der Waals surface area (Å²) >= 11 is 0. The fraction of sp³-hybridized carbons (Fsp3) is 0.696. The van der Waals surface area contributed by atoms with Gasteiger partial charge in [-0.15, -0.1) is 0 Å². The lowest BCUT2D eigenvalue weighted by molar-refractivity contribution is -0.167. The standard InChI is InChI=1S/C69H116O6/c1-4-7-10-13-15-17-19-21-23-25-27-29-30-31-32-33-34-35-36-37-38-40-41-43-45-47-49-51-53-56-59-62-68(71)74-65-66(64-73-67(70)61-58-55-12-9-6-3)75-69(72)63-60-57-54-52-50-48-46-44-42-39-28-26-24-22-20-18-16-14-11-8-5-2/h7,10,15,17,21,23,26-29,31-32,34-35,37-38,41,43,66H,4-6,8-9,11-14,16,18-20,22,24-25,30,33,36,39-40,42,44-65H2,1-3H3/b10-7-,17-15-,23-21-,28-26-,29-27-,32-31-,35-34-,38-37-,43-41-. The molecule has 0 aliphatic carbocycles. The predicted octanol–water partition coefficient (Wildman–Crippen LogP) is 21.4. The second kappa shape index (κ2) is 62.6. The molecule has 0 N–H and O–H groups in total. The number of rotatable bonds is 56. The van der Waals surface area contributed by atoms with Gasteiger partial charge in [-0.2, -0.15) is 0 Å². The molecular formula is C69H116O6. The van der Waals surface area contributed by atoms with Gasteiger partial charge in [0.1, 0.15) is 13.2 Å². The molecule has 6 nitrogen and oxygen atoms in total. The lowest BCUT2D eigenvalue weighted by Crippen LogP contribution is -2.30. The molecule has 0 fully saturated rings. The maximum absolute atomic E-state index is 12.8. The van der Waals surface area contributed by atoms with E-state index in [9.17, 15) is 14.4 Å². The van der Waals surface area contributed by atoms with E-state index in [1.807, 2.05) is 0 Å². The summed E-state index contributed by atoms with van der Waals surface area (Å²) < 4.78 is 16.7. The van der Waals surface area contributed by atoms with Gasteiger partial charge in [0.05, 0.1) is 0 Å². The number of esters is 3. The fourth-order valence-electron chi connectivity index (χ4n) is 8.57. The van der Waals surface area contributed by atoms with Crippen LogP contribution in [0.1, 0.15) is 290 Å². The van der Waals surface area contributed by atoms with Gasteiger partial charge in [-0.25, -0.2) is 0 Å². The monoisotopic (exact) mass is 1040 g/mol. The first-order chi connectivity index (χ1) is 37.0. The van der Waals surface area contributed by atoms with E-state index in [1.165, 1.54) is 122 Å². The lowest BCUT2D eigenvalue weighted by Gasteiger charge is -2.18. The van der Waals surface area contributed by atoms with Crippen molar-refractivity contribution in [3.8, 4) is 0 Å². The number of unbranched alkanes of at least 4 members (excludes halogenated alkanes) is 27. The number of hydrogen-bond acceptors (Lipinski definition) is 6. The highest BCUT2D eigenvalue weighted by Gasteiger charge is 2.19. The molecule has 0 saturated heterocycles. The Morgan fingerprint density at radius 1 is 0.280 bits per heavy atom. The summed E-state index contributed by atoms with van der Waals surface area (Å²) in [5, 5.41) is 0. The van der Waals surface area contributed by atoms with E-state index in [0.29, 0.717) is 19.3 Å². The number of hydrogen-bond donors (Lipinski definition) is 0. The first-order valence-electron chi connectivity index (χ1n) is 31.4. The van der Waals surface area contributed by atoms with Crippen LogP contribution in [0.15, 0.2) is 109 Å². The van der Waals surface area contributed by atoms with Crippen molar-refractivity contribution in [2.24, 2.45) is 0 Å². The summed E-state index contributed by atoms with van der Waals surface area (Å²) in [6, 6.07) is 0. The average molecular weight is 1040 g/mol. The van der Waals surface area contributed by atoms with Crippen molar-refractivity contribution in [2.45, 2.75) is 297 Å². The zero-order valence-corrected chi connectivity index (χ0v) is 49.0. The molecule has 0 spiro atoms. The van der Waals surface area contributed by atoms with E-state index < -0.39 is 6.10 Å². The van der Waals surface area contributed by atoms with Crippen molar-refractivity contribution < 1.29 is 28.6 Å². The normalized spacial score (nSPS) is 12.8. The van der Waals surface area contributed by atoms with Crippen molar-refractivity contribution in [1.29, 1.82) is 0 Å². The minimum Gasteiger partial charge on any atom is -0.462 e. The molecule has 0 aromatic carbocycles. The Morgan fingerprint density at radius 2 is 0.520 bits per heavy atom. The first kappa shape index (κ1) is 71.1. The molecule has 0 heterocycles. The van der Waals surface area contributed by atoms with Crippen LogP contribution in [0.3, 0.4) is 0 Å². The quantitative estimate of drug-likeness (QED) is 0.0261. The molecule has 0 aliphatic rings. The number of allylic oxidation sites excluding steroid dienone is 18. The highest BCUT2D eigenvalue weighted by molar-refractivity contribution is 5.71. The zero-order valence-electron chi connectivity index (χ0n) is 49.0. The van der Waals surface area contributed by atoms with Gasteiger partial charge < -0.3 is 14.2 Å². The molecule has 0 aliphatic heterocycles. The van der Waals surface area contributed by atoms with Gasteiger partial charge in [-0.1, -0.05) is 271 Å². The Kier molecular flexibility index (Phi) is 59.3. The van der Waals surface area contributed by atoms with E-state index in [2.05, 4.69) is 130 Å². The SMILES string of the molecule is CC/C=C\C/C=C\C/C=C\C/C=C\C/C=C\C/C=C\C/C=C\C/C=C\CCCCCCCCC(=O)OCC(COC(=O)CCCCCCC)OC(=O)CCCCCCCCCCC/C=C\CCCCCCCCCC. The summed E-state index contributed by atoms with van der Waals surface area (Å²) in [7, 11) is 0. The van der Waals surface area contributed by atoms with E-state index in [1.54, 1.807) is 0 Å². The van der Waals surface area contributed by atoms with Gasteiger partial charge in [-0.05, 0) is 109 Å². The van der Waals surface area contributed by atoms with Crippen LogP contribution >= 0.6 is 0 Å². The summed E-state index contributed by atoms with van der Waals surface area (Å²) in [4.78, 5) is 37.9. The molecule has 0 radical (unpaired) electrons. The summed E-state index contributed by atoms with van der Waals surface area (Å²) in [6.07, 6.45) is 85.7.